The molecule has 5 rings (SSSR count). The minimum atomic E-state index is -0.297. The fraction of sp³-hybridized carbons (Fsp3) is 0.259. The topological polar surface area (TPSA) is 105 Å². The van der Waals surface area contributed by atoms with Gasteiger partial charge in [0.05, 0.1) is 25.6 Å². The number of aromatic nitrogens is 4. The predicted molar refractivity (Wildman–Crippen MR) is 139 cm³/mol. The van der Waals surface area contributed by atoms with Crippen molar-refractivity contribution in [3.63, 3.8) is 0 Å². The summed E-state index contributed by atoms with van der Waals surface area (Å²) in [6, 6.07) is 18.6. The lowest BCUT2D eigenvalue weighted by atomic mass is 10.1. The molecule has 0 unspecified atom stereocenters. The van der Waals surface area contributed by atoms with E-state index in [1.165, 1.54) is 19.3 Å². The maximum absolute atomic E-state index is 12.8. The Balaban J connectivity index is 1.26. The van der Waals surface area contributed by atoms with E-state index in [-0.39, 0.29) is 5.91 Å². The van der Waals surface area contributed by atoms with Crippen LogP contribution in [0, 0.1) is 0 Å². The minimum Gasteiger partial charge on any atom is -0.497 e. The Hall–Kier alpha value is -4.40. The number of nitrogens with one attached hydrogen (secondary N) is 2. The molecule has 0 spiro atoms. The number of amides is 1. The molecule has 1 fully saturated rings. The van der Waals surface area contributed by atoms with Crippen LogP contribution in [0.1, 0.15) is 29.8 Å². The second-order valence-electron chi connectivity index (χ2n) is 8.59. The number of aromatic amines is 1. The number of anilines is 2. The molecule has 0 atom stereocenters. The number of piperidine rings is 1. The highest BCUT2D eigenvalue weighted by molar-refractivity contribution is 6.03. The first-order valence-corrected chi connectivity index (χ1v) is 11.9. The smallest absolute Gasteiger partial charge is 0.273 e. The fourth-order valence-electron chi connectivity index (χ4n) is 4.28. The molecule has 0 radical (unpaired) electrons. The van der Waals surface area contributed by atoms with E-state index in [0.717, 1.165) is 35.7 Å². The number of hydrogen-bond acceptors (Lipinski definition) is 7. The van der Waals surface area contributed by atoms with E-state index < -0.39 is 0 Å². The maximum Gasteiger partial charge on any atom is 0.273 e. The summed E-state index contributed by atoms with van der Waals surface area (Å²) in [5.74, 6) is 1.93. The third-order valence-corrected chi connectivity index (χ3v) is 6.27. The molecule has 0 aliphatic carbocycles. The normalized spacial score (nSPS) is 13.3. The van der Waals surface area contributed by atoms with Gasteiger partial charge in [0.1, 0.15) is 17.2 Å². The summed E-state index contributed by atoms with van der Waals surface area (Å²) in [5.41, 5.74) is 4.02. The number of hydrogen-bond donors (Lipinski definition) is 2. The van der Waals surface area contributed by atoms with Gasteiger partial charge >= 0.3 is 0 Å². The Kier molecular flexibility index (Phi) is 6.79. The average Bonchev–Trinajstić information content (AvgIpc) is 3.44. The second-order valence-corrected chi connectivity index (χ2v) is 8.59. The lowest BCUT2D eigenvalue weighted by Gasteiger charge is -2.27. The molecule has 9 heteroatoms. The number of methoxy groups -OCH3 is 2. The van der Waals surface area contributed by atoms with Crippen LogP contribution in [0.4, 0.5) is 11.5 Å². The molecule has 2 aromatic carbocycles. The lowest BCUT2D eigenvalue weighted by Crippen LogP contribution is -2.30. The number of carbonyl (C=O) groups excluding carboxylic acids is 1. The van der Waals surface area contributed by atoms with Gasteiger partial charge in [-0.25, -0.2) is 0 Å². The number of nitrogens with zero attached hydrogens (tertiary/aromatic N) is 4. The van der Waals surface area contributed by atoms with Crippen LogP contribution in [0.25, 0.3) is 22.5 Å². The summed E-state index contributed by atoms with van der Waals surface area (Å²) in [4.78, 5) is 15.1. The Labute approximate surface area is 209 Å². The summed E-state index contributed by atoms with van der Waals surface area (Å²) in [7, 11) is 3.18. The van der Waals surface area contributed by atoms with Crippen molar-refractivity contribution in [2.75, 3.05) is 37.5 Å². The standard InChI is InChI=1S/C27H28N6O3/c1-35-20-10-12-25(36-2)21(16-20)23-17-24(31-30-23)27(34)28-19-8-6-18(7-9-19)22-11-13-26(32-29-22)33-14-4-3-5-15-33/h6-13,16-17H,3-5,14-15H2,1-2H3,(H,28,34)(H,30,31). The molecule has 1 aliphatic rings. The van der Waals surface area contributed by atoms with Gasteiger partial charge in [0.2, 0.25) is 0 Å². The zero-order chi connectivity index (χ0) is 24.9. The second kappa shape index (κ2) is 10.5. The van der Waals surface area contributed by atoms with Crippen molar-refractivity contribution < 1.29 is 14.3 Å². The third kappa shape index (κ3) is 5.00. The monoisotopic (exact) mass is 484 g/mol. The zero-order valence-corrected chi connectivity index (χ0v) is 20.3. The highest BCUT2D eigenvalue weighted by Crippen LogP contribution is 2.32. The third-order valence-electron chi connectivity index (χ3n) is 6.27. The van der Waals surface area contributed by atoms with Crippen LogP contribution in [0.5, 0.6) is 11.5 Å². The van der Waals surface area contributed by atoms with Gasteiger partial charge in [0, 0.05) is 29.9 Å². The molecule has 2 aromatic heterocycles. The van der Waals surface area contributed by atoms with Crippen LogP contribution in [0.2, 0.25) is 0 Å². The van der Waals surface area contributed by atoms with E-state index in [0.29, 0.717) is 28.6 Å². The van der Waals surface area contributed by atoms with Gasteiger partial charge in [-0.15, -0.1) is 10.2 Å². The van der Waals surface area contributed by atoms with Gasteiger partial charge in [-0.05, 0) is 67.8 Å². The molecule has 184 valence electrons. The van der Waals surface area contributed by atoms with Crippen molar-refractivity contribution in [2.45, 2.75) is 19.3 Å². The molecule has 36 heavy (non-hydrogen) atoms. The van der Waals surface area contributed by atoms with Crippen LogP contribution in [-0.4, -0.2) is 53.6 Å². The Morgan fingerprint density at radius 2 is 1.69 bits per heavy atom. The zero-order valence-electron chi connectivity index (χ0n) is 20.3. The van der Waals surface area contributed by atoms with E-state index in [1.807, 2.05) is 42.5 Å². The van der Waals surface area contributed by atoms with Crippen molar-refractivity contribution in [1.29, 1.82) is 0 Å². The molecule has 9 nitrogen and oxygen atoms in total. The van der Waals surface area contributed by atoms with Crippen LogP contribution in [0.15, 0.2) is 60.7 Å². The molecule has 4 aromatic rings. The van der Waals surface area contributed by atoms with Gasteiger partial charge in [-0.2, -0.15) is 5.10 Å². The number of benzene rings is 2. The van der Waals surface area contributed by atoms with E-state index >= 15 is 0 Å². The van der Waals surface area contributed by atoms with Gasteiger partial charge in [0.25, 0.3) is 5.91 Å². The molecular weight excluding hydrogens is 456 g/mol. The quantitative estimate of drug-likeness (QED) is 0.388. The van der Waals surface area contributed by atoms with E-state index in [2.05, 4.69) is 30.6 Å². The maximum atomic E-state index is 12.8. The fourth-order valence-corrected chi connectivity index (χ4v) is 4.28. The number of carbonyl (C=O) groups is 1. The van der Waals surface area contributed by atoms with Gasteiger partial charge in [-0.1, -0.05) is 12.1 Å². The van der Waals surface area contributed by atoms with E-state index in [4.69, 9.17) is 9.47 Å². The van der Waals surface area contributed by atoms with Crippen LogP contribution in [-0.2, 0) is 0 Å². The Morgan fingerprint density at radius 1 is 0.889 bits per heavy atom. The largest absolute Gasteiger partial charge is 0.497 e. The molecule has 0 bridgehead atoms. The summed E-state index contributed by atoms with van der Waals surface area (Å²) < 4.78 is 10.7. The van der Waals surface area contributed by atoms with Gasteiger partial charge in [0.15, 0.2) is 5.82 Å². The Morgan fingerprint density at radius 3 is 2.39 bits per heavy atom. The molecule has 0 saturated carbocycles. The number of rotatable bonds is 7. The molecule has 2 N–H and O–H groups in total. The first-order valence-electron chi connectivity index (χ1n) is 11.9. The van der Waals surface area contributed by atoms with Crippen LogP contribution in [0.3, 0.4) is 0 Å². The highest BCUT2D eigenvalue weighted by atomic mass is 16.5. The van der Waals surface area contributed by atoms with Crippen LogP contribution >= 0.6 is 0 Å². The van der Waals surface area contributed by atoms with Crippen LogP contribution < -0.4 is 19.7 Å². The summed E-state index contributed by atoms with van der Waals surface area (Å²) >= 11 is 0. The first-order chi connectivity index (χ1) is 17.6. The summed E-state index contributed by atoms with van der Waals surface area (Å²) in [6.45, 7) is 2.07. The van der Waals surface area contributed by atoms with Crippen molar-refractivity contribution >= 4 is 17.4 Å². The SMILES string of the molecule is COc1ccc(OC)c(-c2cc(C(=O)Nc3ccc(-c4ccc(N5CCCCC5)nn4)cc3)[nH]n2)c1. The first kappa shape index (κ1) is 23.3. The molecular formula is C27H28N6O3. The van der Waals surface area contributed by atoms with E-state index in [9.17, 15) is 4.79 Å². The van der Waals surface area contributed by atoms with Crippen molar-refractivity contribution in [1.82, 2.24) is 20.4 Å². The highest BCUT2D eigenvalue weighted by Gasteiger charge is 2.16. The number of H-pyrrole nitrogens is 1. The predicted octanol–water partition coefficient (Wildman–Crippen LogP) is 4.79. The molecule has 1 aliphatic heterocycles. The molecule has 1 saturated heterocycles. The van der Waals surface area contributed by atoms with Crippen molar-refractivity contribution in [3.8, 4) is 34.0 Å². The summed E-state index contributed by atoms with van der Waals surface area (Å²) in [5, 5.41) is 18.8. The van der Waals surface area contributed by atoms with E-state index in [1.54, 1.807) is 32.4 Å². The van der Waals surface area contributed by atoms with Gasteiger partial charge < -0.3 is 19.7 Å². The summed E-state index contributed by atoms with van der Waals surface area (Å²) in [6.07, 6.45) is 3.68. The molecule has 3 heterocycles. The van der Waals surface area contributed by atoms with Crippen molar-refractivity contribution in [3.05, 3.63) is 66.4 Å². The van der Waals surface area contributed by atoms with Gasteiger partial charge in [-0.3, -0.25) is 9.89 Å². The lowest BCUT2D eigenvalue weighted by molar-refractivity contribution is 0.102. The number of ether oxygens (including phenoxy) is 2. The minimum absolute atomic E-state index is 0.297. The van der Waals surface area contributed by atoms with Crippen molar-refractivity contribution in [2.24, 2.45) is 0 Å². The Bertz CT molecular complexity index is 1330. The molecule has 1 amide bonds. The average molecular weight is 485 g/mol.